The smallest absolute Gasteiger partial charge is 0.335 e. The first-order valence-electron chi connectivity index (χ1n) is 4.62. The van der Waals surface area contributed by atoms with E-state index in [4.69, 9.17) is 20.4 Å². The Morgan fingerprint density at radius 3 is 2.65 bits per heavy atom. The number of benzene rings is 1. The van der Waals surface area contributed by atoms with Crippen molar-refractivity contribution in [1.82, 2.24) is 5.43 Å². The first-order chi connectivity index (χ1) is 8.08. The summed E-state index contributed by atoms with van der Waals surface area (Å²) in [6.07, 6.45) is 0. The van der Waals surface area contributed by atoms with E-state index in [1.54, 1.807) is 0 Å². The van der Waals surface area contributed by atoms with Crippen molar-refractivity contribution in [3.63, 3.8) is 0 Å². The van der Waals surface area contributed by atoms with E-state index < -0.39 is 11.9 Å². The van der Waals surface area contributed by atoms with Crippen LogP contribution in [-0.4, -0.2) is 30.7 Å². The number of carbonyl (C=O) groups is 2. The fourth-order valence-electron chi connectivity index (χ4n) is 1.10. The number of hydrogen-bond acceptors (Lipinski definition) is 5. The quantitative estimate of drug-likeness (QED) is 0.372. The summed E-state index contributed by atoms with van der Waals surface area (Å²) in [5.74, 6) is 3.80. The SMILES string of the molecule is COc1cc(C(=O)O)ccc1OCC(=O)NN. The number of hydrazine groups is 1. The van der Waals surface area contributed by atoms with E-state index in [-0.39, 0.29) is 23.7 Å². The van der Waals surface area contributed by atoms with Crippen LogP contribution in [0, 0.1) is 0 Å². The highest BCUT2D eigenvalue weighted by Crippen LogP contribution is 2.27. The standard InChI is InChI=1S/C10H12N2O5/c1-16-8-4-6(10(14)15)2-3-7(8)17-5-9(13)12-11/h2-4H,5,11H2,1H3,(H,12,13)(H,14,15). The number of methoxy groups -OCH3 is 1. The minimum absolute atomic E-state index is 0.0671. The highest BCUT2D eigenvalue weighted by molar-refractivity contribution is 5.88. The molecule has 1 aromatic carbocycles. The molecule has 0 aromatic heterocycles. The Balaban J connectivity index is 2.85. The van der Waals surface area contributed by atoms with Crippen LogP contribution in [-0.2, 0) is 4.79 Å². The second-order valence-corrected chi connectivity index (χ2v) is 3.03. The number of aromatic carboxylic acids is 1. The second kappa shape index (κ2) is 5.71. The number of hydrogen-bond donors (Lipinski definition) is 3. The molecule has 0 saturated carbocycles. The third-order valence-electron chi connectivity index (χ3n) is 1.93. The molecule has 92 valence electrons. The van der Waals surface area contributed by atoms with Crippen LogP contribution in [0.25, 0.3) is 0 Å². The monoisotopic (exact) mass is 240 g/mol. The Morgan fingerprint density at radius 2 is 2.12 bits per heavy atom. The van der Waals surface area contributed by atoms with Gasteiger partial charge in [-0.2, -0.15) is 0 Å². The van der Waals surface area contributed by atoms with Crippen molar-refractivity contribution in [3.8, 4) is 11.5 Å². The molecule has 1 amide bonds. The number of ether oxygens (including phenoxy) is 2. The fourth-order valence-corrected chi connectivity index (χ4v) is 1.10. The molecule has 4 N–H and O–H groups in total. The lowest BCUT2D eigenvalue weighted by atomic mass is 10.2. The zero-order valence-corrected chi connectivity index (χ0v) is 9.10. The van der Waals surface area contributed by atoms with E-state index in [1.165, 1.54) is 25.3 Å². The molecular formula is C10H12N2O5. The van der Waals surface area contributed by atoms with Crippen LogP contribution in [0.3, 0.4) is 0 Å². The van der Waals surface area contributed by atoms with Gasteiger partial charge in [0, 0.05) is 0 Å². The van der Waals surface area contributed by atoms with Crippen molar-refractivity contribution in [2.24, 2.45) is 5.84 Å². The molecule has 7 nitrogen and oxygen atoms in total. The van der Waals surface area contributed by atoms with Gasteiger partial charge in [-0.3, -0.25) is 10.2 Å². The number of carboxylic acid groups (broad SMARTS) is 1. The third-order valence-corrected chi connectivity index (χ3v) is 1.93. The van der Waals surface area contributed by atoms with Crippen LogP contribution in [0.15, 0.2) is 18.2 Å². The summed E-state index contributed by atoms with van der Waals surface area (Å²) < 4.78 is 10.1. The lowest BCUT2D eigenvalue weighted by Gasteiger charge is -2.10. The van der Waals surface area contributed by atoms with Crippen molar-refractivity contribution in [2.45, 2.75) is 0 Å². The molecular weight excluding hydrogens is 228 g/mol. The van der Waals surface area contributed by atoms with Gasteiger partial charge in [-0.05, 0) is 18.2 Å². The molecule has 0 unspecified atom stereocenters. The minimum Gasteiger partial charge on any atom is -0.493 e. The Labute approximate surface area is 97.1 Å². The Morgan fingerprint density at radius 1 is 1.41 bits per heavy atom. The maximum atomic E-state index is 10.9. The normalized spacial score (nSPS) is 9.53. The van der Waals surface area contributed by atoms with E-state index >= 15 is 0 Å². The molecule has 0 aliphatic carbocycles. The first-order valence-corrected chi connectivity index (χ1v) is 4.62. The van der Waals surface area contributed by atoms with Gasteiger partial charge in [0.25, 0.3) is 5.91 Å². The van der Waals surface area contributed by atoms with Gasteiger partial charge in [0.1, 0.15) is 0 Å². The van der Waals surface area contributed by atoms with Gasteiger partial charge in [-0.1, -0.05) is 0 Å². The molecule has 0 fully saturated rings. The number of amides is 1. The lowest BCUT2D eigenvalue weighted by molar-refractivity contribution is -0.123. The predicted molar refractivity (Wildman–Crippen MR) is 57.8 cm³/mol. The molecule has 0 aliphatic heterocycles. The fraction of sp³-hybridized carbons (Fsp3) is 0.200. The summed E-state index contributed by atoms with van der Waals surface area (Å²) in [6.45, 7) is -0.278. The Kier molecular flexibility index (Phi) is 4.29. The van der Waals surface area contributed by atoms with Gasteiger partial charge in [-0.15, -0.1) is 0 Å². The second-order valence-electron chi connectivity index (χ2n) is 3.03. The molecule has 0 heterocycles. The summed E-state index contributed by atoms with van der Waals surface area (Å²) >= 11 is 0. The van der Waals surface area contributed by atoms with E-state index in [0.29, 0.717) is 0 Å². The number of nitrogens with one attached hydrogen (secondary N) is 1. The van der Waals surface area contributed by atoms with Crippen LogP contribution in [0.2, 0.25) is 0 Å². The highest BCUT2D eigenvalue weighted by atomic mass is 16.5. The third kappa shape index (κ3) is 3.35. The van der Waals surface area contributed by atoms with Gasteiger partial charge in [0.2, 0.25) is 0 Å². The zero-order valence-electron chi connectivity index (χ0n) is 9.10. The summed E-state index contributed by atoms with van der Waals surface area (Å²) in [5, 5.41) is 8.77. The van der Waals surface area contributed by atoms with Crippen LogP contribution in [0.1, 0.15) is 10.4 Å². The predicted octanol–water partition coefficient (Wildman–Crippen LogP) is -0.238. The topological polar surface area (TPSA) is 111 Å². The molecule has 17 heavy (non-hydrogen) atoms. The van der Waals surface area contributed by atoms with E-state index in [2.05, 4.69) is 0 Å². The summed E-state index contributed by atoms with van der Waals surface area (Å²) in [6, 6.07) is 4.06. The van der Waals surface area contributed by atoms with Crippen molar-refractivity contribution < 1.29 is 24.2 Å². The number of rotatable bonds is 5. The van der Waals surface area contributed by atoms with Crippen LogP contribution in [0.4, 0.5) is 0 Å². The molecule has 0 bridgehead atoms. The van der Waals surface area contributed by atoms with Gasteiger partial charge in [-0.25, -0.2) is 10.6 Å². The van der Waals surface area contributed by atoms with Crippen molar-refractivity contribution in [2.75, 3.05) is 13.7 Å². The summed E-state index contributed by atoms with van der Waals surface area (Å²) in [4.78, 5) is 21.6. The summed E-state index contributed by atoms with van der Waals surface area (Å²) in [5.41, 5.74) is 1.97. The molecule has 0 spiro atoms. The molecule has 0 saturated heterocycles. The van der Waals surface area contributed by atoms with Crippen LogP contribution >= 0.6 is 0 Å². The number of nitrogens with two attached hydrogens (primary N) is 1. The number of carboxylic acids is 1. The van der Waals surface area contributed by atoms with Crippen molar-refractivity contribution in [3.05, 3.63) is 23.8 Å². The Hall–Kier alpha value is -2.28. The van der Waals surface area contributed by atoms with Crippen molar-refractivity contribution >= 4 is 11.9 Å². The van der Waals surface area contributed by atoms with Gasteiger partial charge in [0.05, 0.1) is 12.7 Å². The van der Waals surface area contributed by atoms with Gasteiger partial charge < -0.3 is 14.6 Å². The molecule has 1 rings (SSSR count). The van der Waals surface area contributed by atoms with Gasteiger partial charge in [0.15, 0.2) is 18.1 Å². The molecule has 7 heteroatoms. The molecule has 1 aromatic rings. The average molecular weight is 240 g/mol. The van der Waals surface area contributed by atoms with E-state index in [0.717, 1.165) is 0 Å². The molecule has 0 radical (unpaired) electrons. The largest absolute Gasteiger partial charge is 0.493 e. The molecule has 0 atom stereocenters. The maximum Gasteiger partial charge on any atom is 0.335 e. The van der Waals surface area contributed by atoms with Crippen LogP contribution < -0.4 is 20.7 Å². The number of carbonyl (C=O) groups excluding carboxylic acids is 1. The maximum absolute atomic E-state index is 10.9. The zero-order chi connectivity index (χ0) is 12.8. The minimum atomic E-state index is -1.07. The summed E-state index contributed by atoms with van der Waals surface area (Å²) in [7, 11) is 1.37. The van der Waals surface area contributed by atoms with Crippen LogP contribution in [0.5, 0.6) is 11.5 Å². The van der Waals surface area contributed by atoms with Gasteiger partial charge >= 0.3 is 5.97 Å². The van der Waals surface area contributed by atoms with E-state index in [9.17, 15) is 9.59 Å². The first kappa shape index (κ1) is 12.8. The highest BCUT2D eigenvalue weighted by Gasteiger charge is 2.10. The lowest BCUT2D eigenvalue weighted by Crippen LogP contribution is -2.34. The van der Waals surface area contributed by atoms with E-state index in [1.807, 2.05) is 5.43 Å². The average Bonchev–Trinajstić information content (AvgIpc) is 2.35. The molecule has 0 aliphatic rings. The Bertz CT molecular complexity index is 433. The van der Waals surface area contributed by atoms with Crippen molar-refractivity contribution in [1.29, 1.82) is 0 Å².